The number of aryl methyl sites for hydroxylation is 1. The van der Waals surface area contributed by atoms with Crippen LogP contribution in [0.5, 0.6) is 5.75 Å². The number of likely N-dealkylation sites (N-methyl/N-ethyl adjacent to an activating group) is 1. The van der Waals surface area contributed by atoms with E-state index in [-0.39, 0.29) is 18.2 Å². The van der Waals surface area contributed by atoms with Gasteiger partial charge in [-0.3, -0.25) is 14.5 Å². The van der Waals surface area contributed by atoms with E-state index in [1.165, 1.54) is 0 Å². The average Bonchev–Trinajstić information content (AvgIpc) is 2.60. The molecule has 0 aliphatic rings. The molecule has 0 bridgehead atoms. The molecule has 0 aliphatic carbocycles. The molecule has 5 heteroatoms. The van der Waals surface area contributed by atoms with Gasteiger partial charge in [-0.2, -0.15) is 0 Å². The number of carbonyl (C=O) groups excluding carboxylic acids is 2. The molecule has 0 radical (unpaired) electrons. The van der Waals surface area contributed by atoms with Gasteiger partial charge in [0, 0.05) is 23.4 Å². The van der Waals surface area contributed by atoms with Gasteiger partial charge in [-0.15, -0.1) is 0 Å². The number of nitrogens with zero attached hydrogens (tertiary/aromatic N) is 1. The molecule has 0 fully saturated rings. The minimum atomic E-state index is -0.0770. The minimum Gasteiger partial charge on any atom is -0.494 e. The maximum atomic E-state index is 12.4. The van der Waals surface area contributed by atoms with Crippen molar-refractivity contribution in [2.24, 2.45) is 0 Å². The molecule has 0 unspecified atom stereocenters. The molecular formula is C22H28N2O3. The van der Waals surface area contributed by atoms with E-state index in [4.69, 9.17) is 4.74 Å². The highest BCUT2D eigenvalue weighted by molar-refractivity contribution is 5.94. The normalized spacial score (nSPS) is 10.7. The van der Waals surface area contributed by atoms with E-state index < -0.39 is 0 Å². The lowest BCUT2D eigenvalue weighted by atomic mass is 10.1. The zero-order valence-corrected chi connectivity index (χ0v) is 16.8. The fourth-order valence-corrected chi connectivity index (χ4v) is 2.89. The van der Waals surface area contributed by atoms with Crippen LogP contribution in [0, 0.1) is 13.8 Å². The molecule has 0 heterocycles. The molecule has 2 aromatic carbocycles. The van der Waals surface area contributed by atoms with Gasteiger partial charge in [0.1, 0.15) is 5.75 Å². The first-order valence-electron chi connectivity index (χ1n) is 9.13. The van der Waals surface area contributed by atoms with Gasteiger partial charge in [0.15, 0.2) is 5.78 Å². The summed E-state index contributed by atoms with van der Waals surface area (Å²) < 4.78 is 5.66. The van der Waals surface area contributed by atoms with Crippen LogP contribution in [-0.2, 0) is 11.3 Å². The molecule has 2 rings (SSSR count). The zero-order chi connectivity index (χ0) is 20.0. The number of carbonyl (C=O) groups is 2. The van der Waals surface area contributed by atoms with E-state index in [9.17, 15) is 9.59 Å². The molecule has 2 aromatic rings. The van der Waals surface area contributed by atoms with Gasteiger partial charge in [-0.05, 0) is 70.1 Å². The van der Waals surface area contributed by atoms with E-state index in [1.54, 1.807) is 13.0 Å². The zero-order valence-electron chi connectivity index (χ0n) is 16.8. The summed E-state index contributed by atoms with van der Waals surface area (Å²) in [4.78, 5) is 26.0. The van der Waals surface area contributed by atoms with Crippen LogP contribution in [0.1, 0.15) is 40.9 Å². The summed E-state index contributed by atoms with van der Waals surface area (Å²) in [5.74, 6) is 0.672. The maximum absolute atomic E-state index is 12.4. The summed E-state index contributed by atoms with van der Waals surface area (Å²) in [5, 5.41) is 2.97. The van der Waals surface area contributed by atoms with Crippen LogP contribution in [0.25, 0.3) is 0 Å². The summed E-state index contributed by atoms with van der Waals surface area (Å²) in [6.45, 7) is 8.78. The molecule has 0 aliphatic heterocycles. The largest absolute Gasteiger partial charge is 0.494 e. The van der Waals surface area contributed by atoms with Gasteiger partial charge in [-0.1, -0.05) is 12.1 Å². The van der Waals surface area contributed by atoms with Crippen LogP contribution in [0.3, 0.4) is 0 Å². The second-order valence-electron chi connectivity index (χ2n) is 6.78. The minimum absolute atomic E-state index is 0.00890. The lowest BCUT2D eigenvalue weighted by Gasteiger charge is -2.19. The number of nitrogens with one attached hydrogen (secondary N) is 1. The second kappa shape index (κ2) is 9.33. The average molecular weight is 368 g/mol. The van der Waals surface area contributed by atoms with Crippen LogP contribution in [0.4, 0.5) is 5.69 Å². The van der Waals surface area contributed by atoms with Crippen molar-refractivity contribution in [1.29, 1.82) is 0 Å². The van der Waals surface area contributed by atoms with Gasteiger partial charge < -0.3 is 10.1 Å². The first kappa shape index (κ1) is 20.6. The number of hydrogen-bond donors (Lipinski definition) is 1. The Bertz CT molecular complexity index is 830. The Morgan fingerprint density at radius 3 is 2.56 bits per heavy atom. The highest BCUT2D eigenvalue weighted by Gasteiger charge is 2.13. The van der Waals surface area contributed by atoms with Gasteiger partial charge >= 0.3 is 0 Å². The number of amides is 1. The van der Waals surface area contributed by atoms with Gasteiger partial charge in [-0.25, -0.2) is 0 Å². The predicted octanol–water partition coefficient (Wildman–Crippen LogP) is 3.98. The number of ketones is 1. The van der Waals surface area contributed by atoms with Crippen LogP contribution >= 0.6 is 0 Å². The molecule has 0 spiro atoms. The van der Waals surface area contributed by atoms with E-state index in [1.807, 2.05) is 63.1 Å². The summed E-state index contributed by atoms with van der Waals surface area (Å²) >= 11 is 0. The Kier molecular flexibility index (Phi) is 7.13. The molecule has 144 valence electrons. The molecule has 5 nitrogen and oxygen atoms in total. The number of ether oxygens (including phenoxy) is 1. The fraction of sp³-hybridized carbons (Fsp3) is 0.364. The third kappa shape index (κ3) is 5.66. The van der Waals surface area contributed by atoms with Crippen molar-refractivity contribution in [1.82, 2.24) is 4.90 Å². The van der Waals surface area contributed by atoms with E-state index in [0.717, 1.165) is 28.1 Å². The van der Waals surface area contributed by atoms with E-state index >= 15 is 0 Å². The van der Waals surface area contributed by atoms with Gasteiger partial charge in [0.05, 0.1) is 13.2 Å². The molecule has 0 atom stereocenters. The monoisotopic (exact) mass is 368 g/mol. The van der Waals surface area contributed by atoms with E-state index in [2.05, 4.69) is 5.32 Å². The molecule has 0 aromatic heterocycles. The number of benzene rings is 2. The quantitative estimate of drug-likeness (QED) is 0.716. The Morgan fingerprint density at radius 1 is 1.15 bits per heavy atom. The second-order valence-corrected chi connectivity index (χ2v) is 6.78. The Hall–Kier alpha value is -2.66. The number of Topliss-reactive ketones (excluding diaryl/α,β-unsaturated/α-hetero) is 1. The third-order valence-electron chi connectivity index (χ3n) is 4.50. The highest BCUT2D eigenvalue weighted by Crippen LogP contribution is 2.22. The topological polar surface area (TPSA) is 58.6 Å². The Morgan fingerprint density at radius 2 is 1.89 bits per heavy atom. The number of rotatable bonds is 8. The van der Waals surface area contributed by atoms with Gasteiger partial charge in [0.25, 0.3) is 0 Å². The first-order chi connectivity index (χ1) is 12.8. The lowest BCUT2D eigenvalue weighted by molar-refractivity contribution is -0.117. The van der Waals surface area contributed by atoms with Gasteiger partial charge in [0.2, 0.25) is 5.91 Å². The smallest absolute Gasteiger partial charge is 0.238 e. The molecule has 27 heavy (non-hydrogen) atoms. The SMILES string of the molecule is CCOc1ccc(C(C)=O)cc1CN(C)CC(=O)Nc1cccc(C)c1C. The summed E-state index contributed by atoms with van der Waals surface area (Å²) in [7, 11) is 1.87. The van der Waals surface area contributed by atoms with Crippen molar-refractivity contribution < 1.29 is 14.3 Å². The van der Waals surface area contributed by atoms with Crippen molar-refractivity contribution in [2.45, 2.75) is 34.2 Å². The fourth-order valence-electron chi connectivity index (χ4n) is 2.89. The number of anilines is 1. The lowest BCUT2D eigenvalue weighted by Crippen LogP contribution is -2.30. The van der Waals surface area contributed by atoms with Crippen LogP contribution < -0.4 is 10.1 Å². The molecule has 1 amide bonds. The van der Waals surface area contributed by atoms with Crippen molar-refractivity contribution in [3.8, 4) is 5.75 Å². The first-order valence-corrected chi connectivity index (χ1v) is 9.13. The summed E-state index contributed by atoms with van der Waals surface area (Å²) in [5.41, 5.74) is 4.58. The standard InChI is InChI=1S/C22H28N2O3/c1-6-27-21-11-10-18(17(4)25)12-19(21)13-24(5)14-22(26)23-20-9-7-8-15(2)16(20)3/h7-12H,6,13-14H2,1-5H3,(H,23,26). The van der Waals surface area contributed by atoms with Crippen molar-refractivity contribution in [2.75, 3.05) is 25.5 Å². The van der Waals surface area contributed by atoms with E-state index in [0.29, 0.717) is 18.7 Å². The molecule has 0 saturated carbocycles. The van der Waals surface area contributed by atoms with Crippen LogP contribution in [0.2, 0.25) is 0 Å². The summed E-state index contributed by atoms with van der Waals surface area (Å²) in [6, 6.07) is 11.3. The van der Waals surface area contributed by atoms with Crippen molar-refractivity contribution in [3.05, 3.63) is 58.7 Å². The third-order valence-corrected chi connectivity index (χ3v) is 4.50. The van der Waals surface area contributed by atoms with Crippen molar-refractivity contribution in [3.63, 3.8) is 0 Å². The van der Waals surface area contributed by atoms with Crippen LogP contribution in [-0.4, -0.2) is 36.8 Å². The molecular weight excluding hydrogens is 340 g/mol. The summed E-state index contributed by atoms with van der Waals surface area (Å²) in [6.07, 6.45) is 0. The highest BCUT2D eigenvalue weighted by atomic mass is 16.5. The van der Waals surface area contributed by atoms with Crippen molar-refractivity contribution >= 4 is 17.4 Å². The molecule has 0 saturated heterocycles. The Labute approximate surface area is 161 Å². The number of hydrogen-bond acceptors (Lipinski definition) is 4. The predicted molar refractivity (Wildman–Crippen MR) is 108 cm³/mol. The van der Waals surface area contributed by atoms with Crippen LogP contribution in [0.15, 0.2) is 36.4 Å². The Balaban J connectivity index is 2.07. The maximum Gasteiger partial charge on any atom is 0.238 e. The molecule has 1 N–H and O–H groups in total.